The Morgan fingerprint density at radius 2 is 2.03 bits per heavy atom. The van der Waals surface area contributed by atoms with Crippen LogP contribution in [-0.4, -0.2) is 42.5 Å². The lowest BCUT2D eigenvalue weighted by Gasteiger charge is -2.25. The number of hydrogen-bond acceptors (Lipinski definition) is 4. The van der Waals surface area contributed by atoms with Gasteiger partial charge in [0.1, 0.15) is 6.54 Å². The third-order valence-corrected chi connectivity index (χ3v) is 6.90. The molecule has 34 heavy (non-hydrogen) atoms. The van der Waals surface area contributed by atoms with E-state index in [1.807, 2.05) is 30.3 Å². The van der Waals surface area contributed by atoms with Gasteiger partial charge in [0.05, 0.1) is 37.2 Å². The molecule has 0 saturated carbocycles. The van der Waals surface area contributed by atoms with Crippen LogP contribution in [0.2, 0.25) is 5.02 Å². The first-order valence-corrected chi connectivity index (χ1v) is 11.7. The van der Waals surface area contributed by atoms with Gasteiger partial charge in [-0.1, -0.05) is 23.7 Å². The second-order valence-corrected chi connectivity index (χ2v) is 9.02. The fourth-order valence-electron chi connectivity index (χ4n) is 4.89. The number of carbonyl (C=O) groups excluding carboxylic acids is 2. The maximum atomic E-state index is 13.0. The molecule has 176 valence electrons. The van der Waals surface area contributed by atoms with E-state index in [4.69, 9.17) is 21.1 Å². The van der Waals surface area contributed by atoms with Crippen LogP contribution in [0.5, 0.6) is 11.5 Å². The number of fused-ring (bicyclic) bond motifs is 4. The number of benzene rings is 2. The fourth-order valence-corrected chi connectivity index (χ4v) is 5.12. The van der Waals surface area contributed by atoms with Gasteiger partial charge >= 0.3 is 0 Å². The van der Waals surface area contributed by atoms with Crippen molar-refractivity contribution in [3.05, 3.63) is 63.9 Å². The first-order valence-electron chi connectivity index (χ1n) is 11.3. The lowest BCUT2D eigenvalue weighted by atomic mass is 9.91. The number of ether oxygens (including phenoxy) is 2. The molecule has 0 bridgehead atoms. The Balaban J connectivity index is 1.32. The molecule has 2 aliphatic rings. The number of aryl methyl sites for hydroxylation is 1. The van der Waals surface area contributed by atoms with E-state index >= 15 is 0 Å². The molecule has 0 fully saturated rings. The molecule has 1 aromatic heterocycles. The highest BCUT2D eigenvalue weighted by molar-refractivity contribution is 6.35. The molecule has 8 heteroatoms. The zero-order valence-corrected chi connectivity index (χ0v) is 19.9. The minimum atomic E-state index is -0.207. The molecule has 1 aliphatic carbocycles. The molecule has 2 N–H and O–H groups in total. The summed E-state index contributed by atoms with van der Waals surface area (Å²) in [6.07, 6.45) is 6.41. The summed E-state index contributed by atoms with van der Waals surface area (Å²) in [4.78, 5) is 30.8. The monoisotopic (exact) mass is 479 g/mol. The van der Waals surface area contributed by atoms with Gasteiger partial charge in [0.2, 0.25) is 11.8 Å². The Kier molecular flexibility index (Phi) is 5.96. The number of aromatic nitrogens is 1. The third kappa shape index (κ3) is 4.01. The summed E-state index contributed by atoms with van der Waals surface area (Å²) in [5.74, 6) is 0.803. The number of amides is 2. The first-order chi connectivity index (χ1) is 16.5. The second-order valence-electron chi connectivity index (χ2n) is 8.61. The van der Waals surface area contributed by atoms with Gasteiger partial charge in [-0.3, -0.25) is 9.59 Å². The molecule has 2 heterocycles. The van der Waals surface area contributed by atoms with Gasteiger partial charge in [-0.05, 0) is 60.2 Å². The number of hydrogen-bond donors (Lipinski definition) is 2. The number of rotatable bonds is 5. The van der Waals surface area contributed by atoms with E-state index < -0.39 is 0 Å². The summed E-state index contributed by atoms with van der Waals surface area (Å²) in [5.41, 5.74) is 4.81. The summed E-state index contributed by atoms with van der Waals surface area (Å²) < 4.78 is 10.7. The Hall–Kier alpha value is -3.45. The summed E-state index contributed by atoms with van der Waals surface area (Å²) >= 11 is 6.38. The smallest absolute Gasteiger partial charge is 0.240 e. The van der Waals surface area contributed by atoms with E-state index in [2.05, 4.69) is 16.4 Å². The molecule has 0 saturated heterocycles. The van der Waals surface area contributed by atoms with Crippen molar-refractivity contribution in [2.24, 2.45) is 0 Å². The molecule has 2 aromatic carbocycles. The zero-order chi connectivity index (χ0) is 23.8. The minimum Gasteiger partial charge on any atom is -0.493 e. The lowest BCUT2D eigenvalue weighted by Crippen LogP contribution is -2.40. The largest absolute Gasteiger partial charge is 0.493 e. The molecule has 3 aromatic rings. The zero-order valence-electron chi connectivity index (χ0n) is 19.1. The van der Waals surface area contributed by atoms with Crippen LogP contribution >= 0.6 is 11.6 Å². The standard InChI is InChI=1S/C26H26ClN3O4/c1-33-21-11-15-9-10-30(24(32)13-16(15)12-22(21)34-2)14-23(31)28-20-8-4-6-18-17-5-3-7-19(27)25(17)29-26(18)20/h3,5,7,9-12,20,29H,4,6,8,13-14H2,1-2H3,(H,28,31)/t20-/m0/s1. The Labute approximate surface area is 202 Å². The van der Waals surface area contributed by atoms with Crippen molar-refractivity contribution in [3.63, 3.8) is 0 Å². The van der Waals surface area contributed by atoms with Crippen molar-refractivity contribution >= 4 is 40.4 Å². The topological polar surface area (TPSA) is 83.7 Å². The van der Waals surface area contributed by atoms with E-state index in [9.17, 15) is 9.59 Å². The van der Waals surface area contributed by atoms with E-state index in [-0.39, 0.29) is 30.8 Å². The number of nitrogens with one attached hydrogen (secondary N) is 2. The van der Waals surface area contributed by atoms with Crippen LogP contribution in [0.15, 0.2) is 36.5 Å². The number of methoxy groups -OCH3 is 2. The van der Waals surface area contributed by atoms with E-state index in [1.54, 1.807) is 20.4 Å². The van der Waals surface area contributed by atoms with Crippen LogP contribution in [0.25, 0.3) is 17.0 Å². The van der Waals surface area contributed by atoms with E-state index in [1.165, 1.54) is 10.5 Å². The second kappa shape index (κ2) is 9.06. The number of para-hydroxylation sites is 1. The third-order valence-electron chi connectivity index (χ3n) is 6.58. The summed E-state index contributed by atoms with van der Waals surface area (Å²) in [6.45, 7) is -0.0512. The highest BCUT2D eigenvalue weighted by Gasteiger charge is 2.27. The van der Waals surface area contributed by atoms with Gasteiger partial charge in [0, 0.05) is 17.3 Å². The van der Waals surface area contributed by atoms with Gasteiger partial charge < -0.3 is 24.7 Å². The van der Waals surface area contributed by atoms with Crippen LogP contribution in [-0.2, 0) is 22.4 Å². The average molecular weight is 480 g/mol. The van der Waals surface area contributed by atoms with Crippen molar-refractivity contribution in [2.75, 3.05) is 20.8 Å². The van der Waals surface area contributed by atoms with Gasteiger partial charge in [0.25, 0.3) is 0 Å². The molecule has 1 aliphatic heterocycles. The van der Waals surface area contributed by atoms with Gasteiger partial charge in [-0.2, -0.15) is 0 Å². The maximum absolute atomic E-state index is 13.0. The Morgan fingerprint density at radius 1 is 1.24 bits per heavy atom. The molecular formula is C26H26ClN3O4. The van der Waals surface area contributed by atoms with Crippen LogP contribution in [0.4, 0.5) is 0 Å². The van der Waals surface area contributed by atoms with E-state index in [0.717, 1.165) is 47.0 Å². The maximum Gasteiger partial charge on any atom is 0.240 e. The number of aromatic amines is 1. The quantitative estimate of drug-likeness (QED) is 0.568. The van der Waals surface area contributed by atoms with Crippen molar-refractivity contribution in [3.8, 4) is 11.5 Å². The predicted octanol–water partition coefficient (Wildman–Crippen LogP) is 4.39. The van der Waals surface area contributed by atoms with Gasteiger partial charge in [0.15, 0.2) is 11.5 Å². The lowest BCUT2D eigenvalue weighted by molar-refractivity contribution is -0.133. The summed E-state index contributed by atoms with van der Waals surface area (Å²) in [6, 6.07) is 9.37. The molecule has 2 amide bonds. The molecule has 5 rings (SSSR count). The Bertz CT molecular complexity index is 1310. The van der Waals surface area contributed by atoms with Crippen LogP contribution < -0.4 is 14.8 Å². The number of nitrogens with zero attached hydrogens (tertiary/aromatic N) is 1. The molecule has 7 nitrogen and oxygen atoms in total. The van der Waals surface area contributed by atoms with Crippen molar-refractivity contribution in [1.29, 1.82) is 0 Å². The minimum absolute atomic E-state index is 0.0512. The van der Waals surface area contributed by atoms with Crippen molar-refractivity contribution < 1.29 is 19.1 Å². The summed E-state index contributed by atoms with van der Waals surface area (Å²) in [5, 5.41) is 4.90. The van der Waals surface area contributed by atoms with Crippen LogP contribution in [0, 0.1) is 0 Å². The number of halogens is 1. The Morgan fingerprint density at radius 3 is 2.82 bits per heavy atom. The molecule has 0 unspecified atom stereocenters. The summed E-state index contributed by atoms with van der Waals surface area (Å²) in [7, 11) is 3.14. The average Bonchev–Trinajstić information content (AvgIpc) is 3.16. The SMILES string of the molecule is COc1cc2c(cc1OC)CC(=O)N(CC(=O)N[C@H]1CCCc3c1[nH]c1c(Cl)cccc31)C=C2. The first kappa shape index (κ1) is 22.3. The van der Waals surface area contributed by atoms with Crippen LogP contribution in [0.1, 0.15) is 41.3 Å². The van der Waals surface area contributed by atoms with Crippen LogP contribution in [0.3, 0.4) is 0 Å². The molecule has 0 spiro atoms. The normalized spacial score (nSPS) is 17.2. The highest BCUT2D eigenvalue weighted by atomic mass is 35.5. The fraction of sp³-hybridized carbons (Fsp3) is 0.308. The predicted molar refractivity (Wildman–Crippen MR) is 131 cm³/mol. The molecule has 1 atom stereocenters. The van der Waals surface area contributed by atoms with E-state index in [0.29, 0.717) is 16.5 Å². The number of carbonyl (C=O) groups is 2. The molecular weight excluding hydrogens is 454 g/mol. The molecule has 0 radical (unpaired) electrons. The van der Waals surface area contributed by atoms with Gasteiger partial charge in [-0.15, -0.1) is 0 Å². The van der Waals surface area contributed by atoms with Gasteiger partial charge in [-0.25, -0.2) is 0 Å². The number of H-pyrrole nitrogens is 1. The highest BCUT2D eigenvalue weighted by Crippen LogP contribution is 2.37. The van der Waals surface area contributed by atoms with Crippen molar-refractivity contribution in [1.82, 2.24) is 15.2 Å². The van der Waals surface area contributed by atoms with Crippen molar-refractivity contribution in [2.45, 2.75) is 31.7 Å².